The number of rotatable bonds is 7. The summed E-state index contributed by atoms with van der Waals surface area (Å²) in [5.41, 5.74) is 3.15. The summed E-state index contributed by atoms with van der Waals surface area (Å²) in [7, 11) is 0. The van der Waals surface area contributed by atoms with Gasteiger partial charge in [-0.15, -0.1) is 0 Å². The summed E-state index contributed by atoms with van der Waals surface area (Å²) in [6.45, 7) is 3.93. The molecule has 0 aliphatic rings. The predicted molar refractivity (Wildman–Crippen MR) is 121 cm³/mol. The molecule has 144 valence electrons. The van der Waals surface area contributed by atoms with Crippen LogP contribution in [-0.2, 0) is 13.1 Å². The monoisotopic (exact) mass is 410 g/mol. The van der Waals surface area contributed by atoms with Crippen molar-refractivity contribution in [1.29, 1.82) is 0 Å². The van der Waals surface area contributed by atoms with E-state index >= 15 is 0 Å². The highest BCUT2D eigenvalue weighted by Gasteiger charge is 2.13. The molecular formula is C23H23ClN2OS. The van der Waals surface area contributed by atoms with Gasteiger partial charge in [-0.05, 0) is 60.6 Å². The summed E-state index contributed by atoms with van der Waals surface area (Å²) >= 11 is 12.1. The zero-order chi connectivity index (χ0) is 19.8. The minimum atomic E-state index is 0.622. The van der Waals surface area contributed by atoms with Gasteiger partial charge in [-0.2, -0.15) is 0 Å². The Morgan fingerprint density at radius 3 is 2.29 bits per heavy atom. The molecule has 0 spiro atoms. The second-order valence-electron chi connectivity index (χ2n) is 6.32. The van der Waals surface area contributed by atoms with E-state index in [1.807, 2.05) is 73.7 Å². The SMILES string of the molecule is CCOc1ccc(NC(=S)N(Cc2ccccc2)Cc2ccccc2Cl)cc1. The van der Waals surface area contributed by atoms with Crippen molar-refractivity contribution in [1.82, 2.24) is 4.90 Å². The molecule has 0 amide bonds. The zero-order valence-corrected chi connectivity index (χ0v) is 17.3. The highest BCUT2D eigenvalue weighted by Crippen LogP contribution is 2.21. The maximum Gasteiger partial charge on any atom is 0.174 e. The molecule has 0 atom stereocenters. The van der Waals surface area contributed by atoms with Crippen LogP contribution in [0.5, 0.6) is 5.75 Å². The molecule has 1 N–H and O–H groups in total. The van der Waals surface area contributed by atoms with Gasteiger partial charge in [0, 0.05) is 23.8 Å². The highest BCUT2D eigenvalue weighted by atomic mass is 35.5. The van der Waals surface area contributed by atoms with Crippen molar-refractivity contribution in [3.63, 3.8) is 0 Å². The molecule has 28 heavy (non-hydrogen) atoms. The summed E-state index contributed by atoms with van der Waals surface area (Å²) in [4.78, 5) is 2.11. The van der Waals surface area contributed by atoms with E-state index in [4.69, 9.17) is 28.6 Å². The van der Waals surface area contributed by atoms with Crippen molar-refractivity contribution in [3.05, 3.63) is 95.0 Å². The molecule has 0 unspecified atom stereocenters. The number of nitrogens with zero attached hydrogens (tertiary/aromatic N) is 1. The Morgan fingerprint density at radius 2 is 1.61 bits per heavy atom. The Hall–Kier alpha value is -2.56. The van der Waals surface area contributed by atoms with Gasteiger partial charge in [0.15, 0.2) is 5.11 Å². The number of hydrogen-bond donors (Lipinski definition) is 1. The first-order chi connectivity index (χ1) is 13.7. The molecule has 5 heteroatoms. The van der Waals surface area contributed by atoms with E-state index in [9.17, 15) is 0 Å². The third-order valence-electron chi connectivity index (χ3n) is 4.24. The first kappa shape index (κ1) is 20.2. The van der Waals surface area contributed by atoms with Gasteiger partial charge in [-0.1, -0.05) is 60.1 Å². The van der Waals surface area contributed by atoms with Crippen molar-refractivity contribution < 1.29 is 4.74 Å². The maximum atomic E-state index is 6.38. The smallest absolute Gasteiger partial charge is 0.174 e. The van der Waals surface area contributed by atoms with Gasteiger partial charge in [0.1, 0.15) is 5.75 Å². The Labute approximate surface area is 176 Å². The van der Waals surface area contributed by atoms with Crippen LogP contribution < -0.4 is 10.1 Å². The van der Waals surface area contributed by atoms with Crippen molar-refractivity contribution in [2.75, 3.05) is 11.9 Å². The van der Waals surface area contributed by atoms with E-state index in [0.29, 0.717) is 24.8 Å². The van der Waals surface area contributed by atoms with E-state index in [0.717, 1.165) is 22.0 Å². The number of thiocarbonyl (C=S) groups is 1. The summed E-state index contributed by atoms with van der Waals surface area (Å²) in [6.07, 6.45) is 0. The molecule has 3 aromatic rings. The number of ether oxygens (including phenoxy) is 1. The predicted octanol–water partition coefficient (Wildman–Crippen LogP) is 6.14. The average Bonchev–Trinajstić information content (AvgIpc) is 2.71. The largest absolute Gasteiger partial charge is 0.494 e. The van der Waals surface area contributed by atoms with Gasteiger partial charge in [-0.25, -0.2) is 0 Å². The van der Waals surface area contributed by atoms with Crippen LogP contribution in [-0.4, -0.2) is 16.6 Å². The molecule has 0 aliphatic carbocycles. The Kier molecular flexibility index (Phi) is 7.29. The molecule has 3 nitrogen and oxygen atoms in total. The van der Waals surface area contributed by atoms with E-state index in [-0.39, 0.29) is 0 Å². The lowest BCUT2D eigenvalue weighted by Crippen LogP contribution is -2.33. The van der Waals surface area contributed by atoms with Crippen molar-refractivity contribution in [2.24, 2.45) is 0 Å². The van der Waals surface area contributed by atoms with Gasteiger partial charge in [0.25, 0.3) is 0 Å². The number of halogens is 1. The quantitative estimate of drug-likeness (QED) is 0.473. The lowest BCUT2D eigenvalue weighted by atomic mass is 10.2. The van der Waals surface area contributed by atoms with E-state index in [2.05, 4.69) is 22.3 Å². The number of benzene rings is 3. The fraction of sp³-hybridized carbons (Fsp3) is 0.174. The minimum Gasteiger partial charge on any atom is -0.494 e. The highest BCUT2D eigenvalue weighted by molar-refractivity contribution is 7.80. The molecule has 3 aromatic carbocycles. The van der Waals surface area contributed by atoms with Crippen molar-refractivity contribution >= 4 is 34.6 Å². The third-order valence-corrected chi connectivity index (χ3v) is 4.97. The van der Waals surface area contributed by atoms with Gasteiger partial charge in [0.05, 0.1) is 6.61 Å². The molecule has 0 aromatic heterocycles. The van der Waals surface area contributed by atoms with Crippen LogP contribution in [0.2, 0.25) is 5.02 Å². The topological polar surface area (TPSA) is 24.5 Å². The molecular weight excluding hydrogens is 388 g/mol. The lowest BCUT2D eigenvalue weighted by molar-refractivity contribution is 0.340. The van der Waals surface area contributed by atoms with E-state index in [1.54, 1.807) is 0 Å². The second-order valence-corrected chi connectivity index (χ2v) is 7.11. The lowest BCUT2D eigenvalue weighted by Gasteiger charge is -2.26. The van der Waals surface area contributed by atoms with Crippen LogP contribution >= 0.6 is 23.8 Å². The number of anilines is 1. The van der Waals surface area contributed by atoms with E-state index < -0.39 is 0 Å². The first-order valence-corrected chi connectivity index (χ1v) is 10.0. The van der Waals surface area contributed by atoms with Crippen LogP contribution in [0.3, 0.4) is 0 Å². The third kappa shape index (κ3) is 5.72. The fourth-order valence-corrected chi connectivity index (χ4v) is 3.28. The molecule has 0 heterocycles. The van der Waals surface area contributed by atoms with Crippen molar-refractivity contribution in [3.8, 4) is 5.75 Å². The molecule has 0 bridgehead atoms. The molecule has 0 aliphatic heterocycles. The normalized spacial score (nSPS) is 10.4. The Morgan fingerprint density at radius 1 is 0.929 bits per heavy atom. The van der Waals surface area contributed by atoms with Crippen LogP contribution in [0.15, 0.2) is 78.9 Å². The molecule has 0 radical (unpaired) electrons. The van der Waals surface area contributed by atoms with Crippen LogP contribution in [0.25, 0.3) is 0 Å². The molecule has 0 fully saturated rings. The minimum absolute atomic E-state index is 0.622. The zero-order valence-electron chi connectivity index (χ0n) is 15.8. The van der Waals surface area contributed by atoms with Crippen LogP contribution in [0, 0.1) is 0 Å². The van der Waals surface area contributed by atoms with E-state index in [1.165, 1.54) is 5.56 Å². The van der Waals surface area contributed by atoms with Gasteiger partial charge in [0.2, 0.25) is 0 Å². The second kappa shape index (κ2) is 10.1. The standard InChI is InChI=1S/C23H23ClN2OS/c1-2-27-21-14-12-20(13-15-21)25-23(28)26(16-18-8-4-3-5-9-18)17-19-10-6-7-11-22(19)24/h3-15H,2,16-17H2,1H3,(H,25,28). The first-order valence-electron chi connectivity index (χ1n) is 9.22. The fourth-order valence-electron chi connectivity index (χ4n) is 2.84. The summed E-state index contributed by atoms with van der Waals surface area (Å²) in [6, 6.07) is 25.9. The molecule has 0 saturated carbocycles. The van der Waals surface area contributed by atoms with Gasteiger partial charge in [-0.3, -0.25) is 0 Å². The summed E-state index contributed by atoms with van der Waals surface area (Å²) in [5.74, 6) is 0.844. The van der Waals surface area contributed by atoms with Gasteiger partial charge >= 0.3 is 0 Å². The van der Waals surface area contributed by atoms with Gasteiger partial charge < -0.3 is 15.0 Å². The van der Waals surface area contributed by atoms with Crippen LogP contribution in [0.1, 0.15) is 18.1 Å². The van der Waals surface area contributed by atoms with Crippen LogP contribution in [0.4, 0.5) is 5.69 Å². The maximum absolute atomic E-state index is 6.38. The Bertz CT molecular complexity index is 900. The molecule has 0 saturated heterocycles. The van der Waals surface area contributed by atoms with Crippen molar-refractivity contribution in [2.45, 2.75) is 20.0 Å². The average molecular weight is 411 g/mol. The summed E-state index contributed by atoms with van der Waals surface area (Å²) < 4.78 is 5.50. The molecule has 3 rings (SSSR count). The summed E-state index contributed by atoms with van der Waals surface area (Å²) in [5, 5.41) is 4.72. The number of nitrogens with one attached hydrogen (secondary N) is 1. The number of hydrogen-bond acceptors (Lipinski definition) is 2. The Balaban J connectivity index is 1.76.